The zero-order valence-corrected chi connectivity index (χ0v) is 7.86. The first-order chi connectivity index (χ1) is 6.86. The van der Waals surface area contributed by atoms with Crippen LogP contribution in [-0.2, 0) is 0 Å². The maximum Gasteiger partial charge on any atom is 0.276 e. The van der Waals surface area contributed by atoms with Crippen molar-refractivity contribution in [1.82, 2.24) is 15.0 Å². The second-order valence-corrected chi connectivity index (χ2v) is 3.28. The number of carbonyl (C=O) groups is 1. The summed E-state index contributed by atoms with van der Waals surface area (Å²) >= 11 is 1.36. The van der Waals surface area contributed by atoms with E-state index < -0.39 is 0 Å². The number of aromatic nitrogens is 3. The molecule has 0 aliphatic rings. The highest BCUT2D eigenvalue weighted by atomic mass is 32.1. The molecule has 0 saturated heterocycles. The first-order valence-corrected chi connectivity index (χ1v) is 4.71. The molecule has 0 fully saturated rings. The molecule has 2 aromatic heterocycles. The van der Waals surface area contributed by atoms with E-state index in [0.717, 1.165) is 0 Å². The minimum Gasteiger partial charge on any atom is -0.296 e. The van der Waals surface area contributed by atoms with Crippen LogP contribution >= 0.6 is 11.3 Å². The van der Waals surface area contributed by atoms with Gasteiger partial charge in [0.15, 0.2) is 5.13 Å². The standard InChI is InChI=1S/C8H6N4OS/c13-7(6-1-2-9-5-11-6)12-8-10-3-4-14-8/h1-5H,(H,10,12,13). The number of rotatable bonds is 2. The van der Waals surface area contributed by atoms with Gasteiger partial charge in [0.05, 0.1) is 0 Å². The van der Waals surface area contributed by atoms with Crippen molar-refractivity contribution in [3.63, 3.8) is 0 Å². The fraction of sp³-hybridized carbons (Fsp3) is 0. The number of amides is 1. The van der Waals surface area contributed by atoms with Crippen molar-refractivity contribution in [3.8, 4) is 0 Å². The lowest BCUT2D eigenvalue weighted by molar-refractivity contribution is 0.102. The molecule has 14 heavy (non-hydrogen) atoms. The summed E-state index contributed by atoms with van der Waals surface area (Å²) in [6.07, 6.45) is 4.47. The summed E-state index contributed by atoms with van der Waals surface area (Å²) < 4.78 is 0. The molecule has 1 N–H and O–H groups in total. The molecule has 6 heteroatoms. The van der Waals surface area contributed by atoms with E-state index in [1.54, 1.807) is 17.6 Å². The first kappa shape index (κ1) is 8.76. The van der Waals surface area contributed by atoms with Crippen molar-refractivity contribution < 1.29 is 4.79 Å². The molecule has 0 radical (unpaired) electrons. The molecule has 0 saturated carbocycles. The van der Waals surface area contributed by atoms with Gasteiger partial charge in [0, 0.05) is 17.8 Å². The van der Waals surface area contributed by atoms with Crippen LogP contribution in [0.25, 0.3) is 0 Å². The summed E-state index contributed by atoms with van der Waals surface area (Å²) in [6.45, 7) is 0. The number of hydrogen-bond acceptors (Lipinski definition) is 5. The summed E-state index contributed by atoms with van der Waals surface area (Å²) in [5, 5.41) is 4.97. The average molecular weight is 206 g/mol. The maximum absolute atomic E-state index is 11.5. The van der Waals surface area contributed by atoms with Crippen molar-refractivity contribution in [2.45, 2.75) is 0 Å². The third kappa shape index (κ3) is 1.91. The quantitative estimate of drug-likeness (QED) is 0.801. The number of thiazole rings is 1. The van der Waals surface area contributed by atoms with Crippen LogP contribution in [0.5, 0.6) is 0 Å². The fourth-order valence-electron chi connectivity index (χ4n) is 0.871. The van der Waals surface area contributed by atoms with Gasteiger partial charge in [-0.25, -0.2) is 15.0 Å². The smallest absolute Gasteiger partial charge is 0.276 e. The van der Waals surface area contributed by atoms with Gasteiger partial charge < -0.3 is 0 Å². The predicted octanol–water partition coefficient (Wildman–Crippen LogP) is 1.19. The van der Waals surface area contributed by atoms with Gasteiger partial charge in [-0.15, -0.1) is 11.3 Å². The van der Waals surface area contributed by atoms with Crippen molar-refractivity contribution >= 4 is 22.4 Å². The Balaban J connectivity index is 2.11. The lowest BCUT2D eigenvalue weighted by Crippen LogP contribution is -2.13. The highest BCUT2D eigenvalue weighted by Gasteiger charge is 2.07. The molecular weight excluding hydrogens is 200 g/mol. The molecule has 0 aromatic carbocycles. The Morgan fingerprint density at radius 1 is 1.36 bits per heavy atom. The minimum absolute atomic E-state index is 0.276. The van der Waals surface area contributed by atoms with Gasteiger partial charge in [-0.2, -0.15) is 0 Å². The van der Waals surface area contributed by atoms with Crippen LogP contribution in [0.3, 0.4) is 0 Å². The molecule has 2 heterocycles. The van der Waals surface area contributed by atoms with E-state index in [4.69, 9.17) is 0 Å². The average Bonchev–Trinajstić information content (AvgIpc) is 2.72. The monoisotopic (exact) mass is 206 g/mol. The topological polar surface area (TPSA) is 67.8 Å². The van der Waals surface area contributed by atoms with Crippen molar-refractivity contribution in [2.24, 2.45) is 0 Å². The number of hydrogen-bond donors (Lipinski definition) is 1. The lowest BCUT2D eigenvalue weighted by Gasteiger charge is -1.98. The summed E-state index contributed by atoms with van der Waals surface area (Å²) in [7, 11) is 0. The van der Waals surface area contributed by atoms with Crippen molar-refractivity contribution in [1.29, 1.82) is 0 Å². The molecule has 0 aliphatic heterocycles. The van der Waals surface area contributed by atoms with E-state index in [9.17, 15) is 4.79 Å². The minimum atomic E-state index is -0.276. The van der Waals surface area contributed by atoms with Gasteiger partial charge in [-0.1, -0.05) is 0 Å². The van der Waals surface area contributed by atoms with Crippen LogP contribution in [0, 0.1) is 0 Å². The Morgan fingerprint density at radius 3 is 2.93 bits per heavy atom. The molecule has 1 amide bonds. The molecule has 0 bridgehead atoms. The Bertz CT molecular complexity index is 414. The lowest BCUT2D eigenvalue weighted by atomic mass is 10.4. The van der Waals surface area contributed by atoms with Gasteiger partial charge in [0.1, 0.15) is 12.0 Å². The number of nitrogens with zero attached hydrogens (tertiary/aromatic N) is 3. The maximum atomic E-state index is 11.5. The molecule has 5 nitrogen and oxygen atoms in total. The van der Waals surface area contributed by atoms with E-state index in [0.29, 0.717) is 10.8 Å². The molecule has 70 valence electrons. The van der Waals surface area contributed by atoms with E-state index in [2.05, 4.69) is 20.3 Å². The molecule has 0 aliphatic carbocycles. The molecule has 2 rings (SSSR count). The largest absolute Gasteiger partial charge is 0.296 e. The van der Waals surface area contributed by atoms with Crippen LogP contribution in [0.2, 0.25) is 0 Å². The van der Waals surface area contributed by atoms with Gasteiger partial charge in [-0.3, -0.25) is 10.1 Å². The number of carbonyl (C=O) groups excluding carboxylic acids is 1. The van der Waals surface area contributed by atoms with Crippen LogP contribution in [-0.4, -0.2) is 20.9 Å². The third-order valence-corrected chi connectivity index (χ3v) is 2.16. The van der Waals surface area contributed by atoms with Crippen LogP contribution in [0.15, 0.2) is 30.2 Å². The predicted molar refractivity (Wildman–Crippen MR) is 52.1 cm³/mol. The van der Waals surface area contributed by atoms with E-state index in [1.807, 2.05) is 0 Å². The first-order valence-electron chi connectivity index (χ1n) is 3.83. The molecule has 2 aromatic rings. The highest BCUT2D eigenvalue weighted by Crippen LogP contribution is 2.10. The number of anilines is 1. The van der Waals surface area contributed by atoms with Gasteiger partial charge in [0.25, 0.3) is 5.91 Å². The summed E-state index contributed by atoms with van der Waals surface area (Å²) in [5.41, 5.74) is 0.329. The zero-order valence-electron chi connectivity index (χ0n) is 7.04. The van der Waals surface area contributed by atoms with Crippen LogP contribution < -0.4 is 5.32 Å². The van der Waals surface area contributed by atoms with Gasteiger partial charge >= 0.3 is 0 Å². The van der Waals surface area contributed by atoms with Gasteiger partial charge in [0.2, 0.25) is 0 Å². The molecular formula is C8H6N4OS. The number of nitrogens with one attached hydrogen (secondary N) is 1. The van der Waals surface area contributed by atoms with Crippen molar-refractivity contribution in [3.05, 3.63) is 35.9 Å². The second-order valence-electron chi connectivity index (χ2n) is 2.39. The highest BCUT2D eigenvalue weighted by molar-refractivity contribution is 7.13. The SMILES string of the molecule is O=C(Nc1nccs1)c1ccncn1. The summed E-state index contributed by atoms with van der Waals surface area (Å²) in [5.74, 6) is -0.276. The summed E-state index contributed by atoms with van der Waals surface area (Å²) in [6, 6.07) is 1.54. The summed E-state index contributed by atoms with van der Waals surface area (Å²) in [4.78, 5) is 22.9. The van der Waals surface area contributed by atoms with Crippen molar-refractivity contribution in [2.75, 3.05) is 5.32 Å². The Morgan fingerprint density at radius 2 is 2.29 bits per heavy atom. The van der Waals surface area contributed by atoms with Crippen LogP contribution in [0.1, 0.15) is 10.5 Å². The second kappa shape index (κ2) is 3.93. The Kier molecular flexibility index (Phi) is 2.46. The van der Waals surface area contributed by atoms with Gasteiger partial charge in [-0.05, 0) is 6.07 Å². The Hall–Kier alpha value is -1.82. The normalized spacial score (nSPS) is 9.71. The third-order valence-electron chi connectivity index (χ3n) is 1.47. The van der Waals surface area contributed by atoms with Crippen LogP contribution in [0.4, 0.5) is 5.13 Å². The molecule has 0 spiro atoms. The fourth-order valence-corrected chi connectivity index (χ4v) is 1.40. The van der Waals surface area contributed by atoms with E-state index in [-0.39, 0.29) is 5.91 Å². The Labute approximate surface area is 83.9 Å². The zero-order chi connectivity index (χ0) is 9.80. The van der Waals surface area contributed by atoms with E-state index in [1.165, 1.54) is 23.9 Å². The molecule has 0 unspecified atom stereocenters. The molecule has 0 atom stereocenters. The van der Waals surface area contributed by atoms with E-state index >= 15 is 0 Å².